The van der Waals surface area contributed by atoms with E-state index in [-0.39, 0.29) is 17.1 Å². The Bertz CT molecular complexity index is 226. The molecule has 0 heterocycles. The van der Waals surface area contributed by atoms with Gasteiger partial charge < -0.3 is 4.55 Å². The van der Waals surface area contributed by atoms with Crippen LogP contribution in [0.4, 0.5) is 13.2 Å². The molecule has 0 aliphatic heterocycles. The minimum Gasteiger partial charge on any atom is -0.766 e. The van der Waals surface area contributed by atoms with Gasteiger partial charge >= 0.3 is 22.6 Å². The second kappa shape index (κ2) is 7.99. The zero-order chi connectivity index (χ0) is 10.3. The van der Waals surface area contributed by atoms with Gasteiger partial charge in [-0.05, 0) is 0 Å². The van der Waals surface area contributed by atoms with E-state index in [9.17, 15) is 13.2 Å². The molecule has 1 atom stereocenters. The van der Waals surface area contributed by atoms with E-state index in [1.807, 2.05) is 36.4 Å². The Balaban J connectivity index is 0. The van der Waals surface area contributed by atoms with Gasteiger partial charge in [0.1, 0.15) is 0 Å². The third-order valence-corrected chi connectivity index (χ3v) is 1.23. The predicted molar refractivity (Wildman–Crippen MR) is 41.4 cm³/mol. The first-order valence-electron chi connectivity index (χ1n) is 3.10. The fraction of sp³-hybridized carbons (Fsp3) is 0.143. The molecule has 0 aromatic heterocycles. The van der Waals surface area contributed by atoms with Crippen LogP contribution in [0.15, 0.2) is 36.4 Å². The van der Waals surface area contributed by atoms with E-state index in [4.69, 9.17) is 8.76 Å². The number of halogens is 3. The molecule has 1 aromatic rings. The summed E-state index contributed by atoms with van der Waals surface area (Å²) in [6, 6.07) is 12.0. The van der Waals surface area contributed by atoms with Crippen LogP contribution in [-0.2, 0) is 28.1 Å². The molecule has 14 heavy (non-hydrogen) atoms. The molecule has 0 saturated heterocycles. The third-order valence-electron chi connectivity index (χ3n) is 0.856. The van der Waals surface area contributed by atoms with Gasteiger partial charge in [-0.15, -0.1) is 0 Å². The molecule has 0 aliphatic rings. The van der Waals surface area contributed by atoms with Crippen LogP contribution in [0, 0.1) is 0 Å². The standard InChI is InChI=1S/C6H6.CHF3O2S.Cu/c1-2-4-6-5-3-1;2-1(3,4)7(5)6;/h1-6H;(H,5,6);/q;;+1/p-1. The monoisotopic (exact) mass is 274 g/mol. The molecule has 0 amide bonds. The minimum absolute atomic E-state index is 0. The van der Waals surface area contributed by atoms with E-state index in [1.54, 1.807) is 0 Å². The van der Waals surface area contributed by atoms with Gasteiger partial charge in [0.05, 0.1) is 11.1 Å². The molecule has 1 rings (SSSR count). The molecule has 0 radical (unpaired) electrons. The molecule has 0 N–H and O–H groups in total. The molecule has 7 heteroatoms. The van der Waals surface area contributed by atoms with Crippen molar-refractivity contribution in [2.75, 3.05) is 0 Å². The molecule has 0 spiro atoms. The molecule has 2 nitrogen and oxygen atoms in total. The van der Waals surface area contributed by atoms with Gasteiger partial charge in [0.15, 0.2) is 0 Å². The maximum Gasteiger partial charge on any atom is 1.00 e. The quantitative estimate of drug-likeness (QED) is 0.537. The van der Waals surface area contributed by atoms with Crippen molar-refractivity contribution in [2.45, 2.75) is 5.51 Å². The van der Waals surface area contributed by atoms with E-state index >= 15 is 0 Å². The normalized spacial score (nSPS) is 11.7. The summed E-state index contributed by atoms with van der Waals surface area (Å²) in [5.41, 5.74) is -5.08. The topological polar surface area (TPSA) is 40.1 Å². The first kappa shape index (κ1) is 16.1. The zero-order valence-corrected chi connectivity index (χ0v) is 8.38. The maximum atomic E-state index is 10.6. The van der Waals surface area contributed by atoms with Crippen molar-refractivity contribution in [1.29, 1.82) is 0 Å². The average Bonchev–Trinajstić information content (AvgIpc) is 2.07. The van der Waals surface area contributed by atoms with Crippen molar-refractivity contribution < 1.29 is 39.0 Å². The molecule has 84 valence electrons. The minimum atomic E-state index is -5.08. The largest absolute Gasteiger partial charge is 1.00 e. The van der Waals surface area contributed by atoms with Gasteiger partial charge in [-0.2, -0.15) is 13.2 Å². The summed E-state index contributed by atoms with van der Waals surface area (Å²) in [6.07, 6.45) is 0. The van der Waals surface area contributed by atoms with Crippen LogP contribution >= 0.6 is 0 Å². The summed E-state index contributed by atoms with van der Waals surface area (Å²) < 4.78 is 49.5. The first-order chi connectivity index (χ1) is 5.94. The summed E-state index contributed by atoms with van der Waals surface area (Å²) in [5.74, 6) is 0. The summed E-state index contributed by atoms with van der Waals surface area (Å²) in [4.78, 5) is 0. The van der Waals surface area contributed by atoms with Crippen LogP contribution < -0.4 is 0 Å². The molecule has 1 unspecified atom stereocenters. The van der Waals surface area contributed by atoms with E-state index < -0.39 is 16.6 Å². The zero-order valence-electron chi connectivity index (χ0n) is 6.62. The molecule has 0 saturated carbocycles. The number of hydrogen-bond acceptors (Lipinski definition) is 2. The van der Waals surface area contributed by atoms with Gasteiger partial charge in [0.2, 0.25) is 0 Å². The van der Waals surface area contributed by atoms with Crippen molar-refractivity contribution >= 4 is 11.1 Å². The smallest absolute Gasteiger partial charge is 0.766 e. The molecular formula is C7H6CuF3O2S. The van der Waals surface area contributed by atoms with Crippen molar-refractivity contribution in [3.05, 3.63) is 36.4 Å². The number of alkyl halides is 3. The summed E-state index contributed by atoms with van der Waals surface area (Å²) in [7, 11) is 0. The second-order valence-electron chi connectivity index (χ2n) is 1.84. The summed E-state index contributed by atoms with van der Waals surface area (Å²) in [6.45, 7) is 0. The van der Waals surface area contributed by atoms with Crippen LogP contribution in [-0.4, -0.2) is 14.3 Å². The fourth-order valence-corrected chi connectivity index (χ4v) is 0.385. The molecule has 1 aromatic carbocycles. The van der Waals surface area contributed by atoms with Crippen molar-refractivity contribution in [3.63, 3.8) is 0 Å². The molecule has 0 bridgehead atoms. The molecule has 0 aliphatic carbocycles. The van der Waals surface area contributed by atoms with Gasteiger partial charge in [0.25, 0.3) is 0 Å². The van der Waals surface area contributed by atoms with Crippen molar-refractivity contribution in [3.8, 4) is 0 Å². The Morgan fingerprint density at radius 1 is 0.929 bits per heavy atom. The average molecular weight is 275 g/mol. The van der Waals surface area contributed by atoms with Crippen molar-refractivity contribution in [1.82, 2.24) is 0 Å². The van der Waals surface area contributed by atoms with Crippen molar-refractivity contribution in [2.24, 2.45) is 0 Å². The van der Waals surface area contributed by atoms with Gasteiger partial charge in [0, 0.05) is 0 Å². The first-order valence-corrected chi connectivity index (χ1v) is 4.18. The third kappa shape index (κ3) is 9.73. The van der Waals surface area contributed by atoms with E-state index in [1.165, 1.54) is 0 Å². The van der Waals surface area contributed by atoms with E-state index in [0.29, 0.717) is 0 Å². The maximum absolute atomic E-state index is 10.6. The van der Waals surface area contributed by atoms with Gasteiger partial charge in [-0.3, -0.25) is 4.21 Å². The van der Waals surface area contributed by atoms with Crippen LogP contribution in [0.5, 0.6) is 0 Å². The Hall–Kier alpha value is -0.361. The van der Waals surface area contributed by atoms with Crippen LogP contribution in [0.1, 0.15) is 0 Å². The fourth-order valence-electron chi connectivity index (χ4n) is 0.385. The summed E-state index contributed by atoms with van der Waals surface area (Å²) in [5, 5.41) is 0. The number of hydrogen-bond donors (Lipinski definition) is 0. The SMILES string of the molecule is O=S([O-])C(F)(F)F.[Cu+].c1ccccc1. The van der Waals surface area contributed by atoms with Gasteiger partial charge in [-0.1, -0.05) is 36.4 Å². The number of benzene rings is 1. The van der Waals surface area contributed by atoms with Crippen LogP contribution in [0.3, 0.4) is 0 Å². The molecular weight excluding hydrogens is 269 g/mol. The Kier molecular flexibility index (Phi) is 9.18. The Morgan fingerprint density at radius 2 is 1.07 bits per heavy atom. The molecule has 0 fully saturated rings. The summed E-state index contributed by atoms with van der Waals surface area (Å²) >= 11 is -3.93. The van der Waals surface area contributed by atoms with Gasteiger partial charge in [-0.25, -0.2) is 0 Å². The Morgan fingerprint density at radius 3 is 1.14 bits per heavy atom. The van der Waals surface area contributed by atoms with Crippen LogP contribution in [0.2, 0.25) is 0 Å². The van der Waals surface area contributed by atoms with E-state index in [0.717, 1.165) is 0 Å². The number of rotatable bonds is 0. The van der Waals surface area contributed by atoms with Crippen LogP contribution in [0.25, 0.3) is 0 Å². The van der Waals surface area contributed by atoms with E-state index in [2.05, 4.69) is 0 Å². The Labute approximate surface area is 92.3 Å². The predicted octanol–water partition coefficient (Wildman–Crippen LogP) is 2.07. The second-order valence-corrected chi connectivity index (χ2v) is 2.77.